The largest absolute Gasteiger partial charge is 0.316 e. The lowest BCUT2D eigenvalue weighted by molar-refractivity contribution is -0.119. The molecule has 1 aromatic heterocycles. The number of carbonyl (C=O) groups excluding carboxylic acids is 1. The van der Waals surface area contributed by atoms with E-state index in [1.807, 2.05) is 19.3 Å². The van der Waals surface area contributed by atoms with Crippen molar-refractivity contribution in [1.29, 1.82) is 0 Å². The average Bonchev–Trinajstić information content (AvgIpc) is 2.65. The van der Waals surface area contributed by atoms with Gasteiger partial charge in [0.25, 0.3) is 0 Å². The van der Waals surface area contributed by atoms with Gasteiger partial charge in [-0.2, -0.15) is 5.10 Å². The highest BCUT2D eigenvalue weighted by Gasteiger charge is 2.17. The first-order valence-electron chi connectivity index (χ1n) is 5.95. The third-order valence-electron chi connectivity index (χ3n) is 3.06. The molecule has 2 rings (SSSR count). The minimum absolute atomic E-state index is 0.312. The minimum atomic E-state index is 0.312. The molecule has 0 aliphatic carbocycles. The van der Waals surface area contributed by atoms with Crippen LogP contribution in [0.4, 0.5) is 0 Å². The van der Waals surface area contributed by atoms with E-state index >= 15 is 0 Å². The molecular formula is C12H19N3O. The second kappa shape index (κ2) is 5.25. The van der Waals surface area contributed by atoms with E-state index in [2.05, 4.69) is 10.4 Å². The number of piperidine rings is 1. The summed E-state index contributed by atoms with van der Waals surface area (Å²) in [6.07, 6.45) is 5.44. The Morgan fingerprint density at radius 1 is 1.69 bits per heavy atom. The van der Waals surface area contributed by atoms with Gasteiger partial charge >= 0.3 is 0 Å². The van der Waals surface area contributed by atoms with Gasteiger partial charge in [-0.15, -0.1) is 0 Å². The van der Waals surface area contributed by atoms with Crippen molar-refractivity contribution in [3.05, 3.63) is 18.0 Å². The standard InChI is InChI=1S/C12H19N3O/c1-15-6-4-11(14-15)8-12(16)7-10-3-2-5-13-9-10/h4,6,10,13H,2-3,5,7-9H2,1H3. The Morgan fingerprint density at radius 3 is 3.19 bits per heavy atom. The second-order valence-electron chi connectivity index (χ2n) is 4.61. The van der Waals surface area contributed by atoms with Crippen molar-refractivity contribution in [3.63, 3.8) is 0 Å². The predicted molar refractivity (Wildman–Crippen MR) is 62.1 cm³/mol. The van der Waals surface area contributed by atoms with Crippen molar-refractivity contribution in [3.8, 4) is 0 Å². The van der Waals surface area contributed by atoms with Crippen molar-refractivity contribution in [2.75, 3.05) is 13.1 Å². The Morgan fingerprint density at radius 2 is 2.56 bits per heavy atom. The van der Waals surface area contributed by atoms with Crippen LogP contribution in [0.1, 0.15) is 25.0 Å². The molecule has 0 aromatic carbocycles. The van der Waals surface area contributed by atoms with Gasteiger partial charge in [0, 0.05) is 19.7 Å². The van der Waals surface area contributed by atoms with Crippen molar-refractivity contribution >= 4 is 5.78 Å². The van der Waals surface area contributed by atoms with E-state index in [4.69, 9.17) is 0 Å². The first-order valence-corrected chi connectivity index (χ1v) is 5.95. The molecule has 16 heavy (non-hydrogen) atoms. The second-order valence-corrected chi connectivity index (χ2v) is 4.61. The van der Waals surface area contributed by atoms with Gasteiger partial charge in [0.15, 0.2) is 0 Å². The number of aryl methyl sites for hydroxylation is 1. The topological polar surface area (TPSA) is 46.9 Å². The van der Waals surface area contributed by atoms with Gasteiger partial charge in [0.1, 0.15) is 5.78 Å². The molecule has 4 nitrogen and oxygen atoms in total. The number of Topliss-reactive ketones (excluding diaryl/α,β-unsaturated/α-hetero) is 1. The van der Waals surface area contributed by atoms with E-state index < -0.39 is 0 Å². The summed E-state index contributed by atoms with van der Waals surface area (Å²) in [7, 11) is 1.87. The maximum Gasteiger partial charge on any atom is 0.139 e. The van der Waals surface area contributed by atoms with Crippen LogP contribution >= 0.6 is 0 Å². The fourth-order valence-electron chi connectivity index (χ4n) is 2.25. The molecule has 1 atom stereocenters. The van der Waals surface area contributed by atoms with E-state index in [-0.39, 0.29) is 0 Å². The summed E-state index contributed by atoms with van der Waals surface area (Å²) in [5, 5.41) is 7.56. The molecule has 1 aliphatic heterocycles. The van der Waals surface area contributed by atoms with E-state index in [9.17, 15) is 4.79 Å². The third kappa shape index (κ3) is 3.17. The summed E-state index contributed by atoms with van der Waals surface area (Å²) in [5.74, 6) is 0.845. The molecule has 1 aromatic rings. The summed E-state index contributed by atoms with van der Waals surface area (Å²) >= 11 is 0. The van der Waals surface area contributed by atoms with Crippen LogP contribution in [0.5, 0.6) is 0 Å². The molecule has 0 bridgehead atoms. The van der Waals surface area contributed by atoms with Crippen molar-refractivity contribution in [2.45, 2.75) is 25.7 Å². The average molecular weight is 221 g/mol. The first-order chi connectivity index (χ1) is 7.74. The van der Waals surface area contributed by atoms with Crippen LogP contribution in [0.15, 0.2) is 12.3 Å². The molecule has 0 amide bonds. The SMILES string of the molecule is Cn1ccc(CC(=O)CC2CCCNC2)n1. The Bertz CT molecular complexity index is 353. The molecule has 4 heteroatoms. The van der Waals surface area contributed by atoms with Gasteiger partial charge < -0.3 is 5.32 Å². The van der Waals surface area contributed by atoms with Crippen LogP contribution in [-0.2, 0) is 18.3 Å². The third-order valence-corrected chi connectivity index (χ3v) is 3.06. The molecule has 88 valence electrons. The van der Waals surface area contributed by atoms with Gasteiger partial charge in [-0.3, -0.25) is 9.48 Å². The lowest BCUT2D eigenvalue weighted by Gasteiger charge is -2.21. The molecule has 1 aliphatic rings. The van der Waals surface area contributed by atoms with Crippen LogP contribution in [0, 0.1) is 5.92 Å². The Balaban J connectivity index is 1.79. The van der Waals surface area contributed by atoms with Crippen LogP contribution in [0.3, 0.4) is 0 Å². The van der Waals surface area contributed by atoms with Gasteiger partial charge in [-0.25, -0.2) is 0 Å². The number of nitrogens with zero attached hydrogens (tertiary/aromatic N) is 2. The Labute approximate surface area is 96.0 Å². The Kier molecular flexibility index (Phi) is 3.72. The van der Waals surface area contributed by atoms with Crippen LogP contribution < -0.4 is 5.32 Å². The maximum atomic E-state index is 11.8. The molecule has 2 heterocycles. The summed E-state index contributed by atoms with van der Waals surface area (Å²) in [6, 6.07) is 1.91. The summed E-state index contributed by atoms with van der Waals surface area (Å²) < 4.78 is 1.74. The van der Waals surface area contributed by atoms with Crippen molar-refractivity contribution < 1.29 is 4.79 Å². The molecule has 0 spiro atoms. The van der Waals surface area contributed by atoms with E-state index in [1.165, 1.54) is 12.8 Å². The minimum Gasteiger partial charge on any atom is -0.316 e. The molecular weight excluding hydrogens is 202 g/mol. The number of aromatic nitrogens is 2. The predicted octanol–water partition coefficient (Wildman–Crippen LogP) is 0.921. The smallest absolute Gasteiger partial charge is 0.139 e. The lowest BCUT2D eigenvalue weighted by atomic mass is 9.93. The normalized spacial score (nSPS) is 20.9. The summed E-state index contributed by atoms with van der Waals surface area (Å²) in [5.41, 5.74) is 0.885. The quantitative estimate of drug-likeness (QED) is 0.822. The zero-order valence-electron chi connectivity index (χ0n) is 9.78. The monoisotopic (exact) mass is 221 g/mol. The summed E-state index contributed by atoms with van der Waals surface area (Å²) in [4.78, 5) is 11.8. The number of hydrogen-bond donors (Lipinski definition) is 1. The number of ketones is 1. The van der Waals surface area contributed by atoms with Crippen LogP contribution in [0.25, 0.3) is 0 Å². The molecule has 0 saturated carbocycles. The van der Waals surface area contributed by atoms with Crippen molar-refractivity contribution in [2.24, 2.45) is 13.0 Å². The highest BCUT2D eigenvalue weighted by atomic mass is 16.1. The number of nitrogens with one attached hydrogen (secondary N) is 1. The van der Waals surface area contributed by atoms with Crippen LogP contribution in [-0.4, -0.2) is 28.7 Å². The van der Waals surface area contributed by atoms with Gasteiger partial charge in [0.2, 0.25) is 0 Å². The highest BCUT2D eigenvalue weighted by Crippen LogP contribution is 2.15. The lowest BCUT2D eigenvalue weighted by Crippen LogP contribution is -2.31. The zero-order chi connectivity index (χ0) is 11.4. The highest BCUT2D eigenvalue weighted by molar-refractivity contribution is 5.80. The molecule has 1 N–H and O–H groups in total. The molecule has 0 radical (unpaired) electrons. The fourth-order valence-corrected chi connectivity index (χ4v) is 2.25. The van der Waals surface area contributed by atoms with Crippen molar-refractivity contribution in [1.82, 2.24) is 15.1 Å². The van der Waals surface area contributed by atoms with Gasteiger partial charge in [-0.05, 0) is 37.9 Å². The number of hydrogen-bond acceptors (Lipinski definition) is 3. The van der Waals surface area contributed by atoms with E-state index in [0.29, 0.717) is 24.5 Å². The molecule has 1 fully saturated rings. The zero-order valence-corrected chi connectivity index (χ0v) is 9.78. The van der Waals surface area contributed by atoms with E-state index in [0.717, 1.165) is 18.8 Å². The number of rotatable bonds is 4. The van der Waals surface area contributed by atoms with Crippen LogP contribution in [0.2, 0.25) is 0 Å². The fraction of sp³-hybridized carbons (Fsp3) is 0.667. The maximum absolute atomic E-state index is 11.8. The van der Waals surface area contributed by atoms with Gasteiger partial charge in [-0.1, -0.05) is 0 Å². The van der Waals surface area contributed by atoms with E-state index in [1.54, 1.807) is 4.68 Å². The molecule has 1 unspecified atom stereocenters. The first kappa shape index (κ1) is 11.3. The molecule has 1 saturated heterocycles. The summed E-state index contributed by atoms with van der Waals surface area (Å²) in [6.45, 7) is 2.10. The van der Waals surface area contributed by atoms with Gasteiger partial charge in [0.05, 0.1) is 12.1 Å². The Hall–Kier alpha value is -1.16. The number of carbonyl (C=O) groups is 1.